The van der Waals surface area contributed by atoms with Gasteiger partial charge in [-0.3, -0.25) is 0 Å². The highest BCUT2D eigenvalue weighted by Crippen LogP contribution is 2.31. The highest BCUT2D eigenvalue weighted by atomic mass is 19.1. The second-order valence-corrected chi connectivity index (χ2v) is 7.62. The van der Waals surface area contributed by atoms with Gasteiger partial charge in [-0.1, -0.05) is 6.07 Å². The molecule has 2 aromatic heterocycles. The Kier molecular flexibility index (Phi) is 6.13. The number of aromatic nitrogens is 3. The minimum absolute atomic E-state index is 0.123. The highest BCUT2D eigenvalue weighted by Gasteiger charge is 2.23. The number of methoxy groups -OCH3 is 1. The number of piperazine rings is 1. The average molecular weight is 423 g/mol. The molecule has 0 saturated carbocycles. The number of pyridine rings is 1. The van der Waals surface area contributed by atoms with Gasteiger partial charge in [-0.2, -0.15) is 4.98 Å². The van der Waals surface area contributed by atoms with Crippen LogP contribution in [0.2, 0.25) is 0 Å². The molecule has 0 bridgehead atoms. The van der Waals surface area contributed by atoms with Crippen molar-refractivity contribution in [2.45, 2.75) is 25.9 Å². The van der Waals surface area contributed by atoms with Crippen LogP contribution >= 0.6 is 0 Å². The Balaban J connectivity index is 1.58. The Morgan fingerprint density at radius 3 is 2.61 bits per heavy atom. The third kappa shape index (κ3) is 5.00. The summed E-state index contributed by atoms with van der Waals surface area (Å²) < 4.78 is 19.9. The zero-order valence-electron chi connectivity index (χ0n) is 17.8. The molecule has 162 valence electrons. The lowest BCUT2D eigenvalue weighted by atomic mass is 10.1. The summed E-state index contributed by atoms with van der Waals surface area (Å²) in [6.07, 6.45) is 2.91. The number of hydrogen-bond donors (Lipinski definition) is 3. The van der Waals surface area contributed by atoms with Gasteiger partial charge in [0.15, 0.2) is 11.6 Å². The van der Waals surface area contributed by atoms with Gasteiger partial charge in [0, 0.05) is 37.1 Å². The first-order valence-electron chi connectivity index (χ1n) is 10.2. The van der Waals surface area contributed by atoms with E-state index in [9.17, 15) is 4.39 Å². The molecule has 3 N–H and O–H groups in total. The number of nitrogens with zero attached hydrogens (tertiary/aromatic N) is 4. The van der Waals surface area contributed by atoms with Gasteiger partial charge in [-0.25, -0.2) is 14.4 Å². The molecule has 3 aromatic rings. The number of anilines is 5. The van der Waals surface area contributed by atoms with Crippen LogP contribution in [0, 0.1) is 5.82 Å². The summed E-state index contributed by atoms with van der Waals surface area (Å²) in [5.41, 5.74) is 1.36. The fraction of sp³-hybridized carbons (Fsp3) is 0.318. The van der Waals surface area contributed by atoms with E-state index in [-0.39, 0.29) is 5.82 Å². The maximum absolute atomic E-state index is 14.5. The molecule has 4 rings (SSSR count). The lowest BCUT2D eigenvalue weighted by Gasteiger charge is -2.36. The van der Waals surface area contributed by atoms with Crippen LogP contribution in [0.4, 0.5) is 33.3 Å². The van der Waals surface area contributed by atoms with E-state index in [1.807, 2.05) is 24.3 Å². The molecule has 1 aromatic carbocycles. The summed E-state index contributed by atoms with van der Waals surface area (Å²) in [4.78, 5) is 15.0. The average Bonchev–Trinajstić information content (AvgIpc) is 2.75. The fourth-order valence-corrected chi connectivity index (χ4v) is 3.68. The maximum Gasteiger partial charge on any atom is 0.227 e. The summed E-state index contributed by atoms with van der Waals surface area (Å²) in [7, 11) is 1.60. The largest absolute Gasteiger partial charge is 0.495 e. The van der Waals surface area contributed by atoms with Gasteiger partial charge in [-0.15, -0.1) is 0 Å². The number of benzene rings is 1. The van der Waals surface area contributed by atoms with Crippen LogP contribution in [0.25, 0.3) is 0 Å². The topological polar surface area (TPSA) is 87.2 Å². The van der Waals surface area contributed by atoms with Gasteiger partial charge < -0.3 is 25.6 Å². The summed E-state index contributed by atoms with van der Waals surface area (Å²) in [6, 6.07) is 11.6. The van der Waals surface area contributed by atoms with Gasteiger partial charge in [0.1, 0.15) is 11.6 Å². The molecule has 0 spiro atoms. The van der Waals surface area contributed by atoms with E-state index in [1.165, 1.54) is 6.20 Å². The molecule has 8 nitrogen and oxygen atoms in total. The predicted molar refractivity (Wildman–Crippen MR) is 120 cm³/mol. The zero-order chi connectivity index (χ0) is 21.8. The maximum atomic E-state index is 14.5. The fourth-order valence-electron chi connectivity index (χ4n) is 3.68. The molecule has 1 aliphatic rings. The second-order valence-electron chi connectivity index (χ2n) is 7.62. The Hall–Kier alpha value is -3.46. The Morgan fingerprint density at radius 1 is 1.10 bits per heavy atom. The van der Waals surface area contributed by atoms with Crippen LogP contribution in [0.5, 0.6) is 5.75 Å². The van der Waals surface area contributed by atoms with Gasteiger partial charge in [0.05, 0.1) is 19.0 Å². The second kappa shape index (κ2) is 9.13. The van der Waals surface area contributed by atoms with Gasteiger partial charge in [0.25, 0.3) is 0 Å². The van der Waals surface area contributed by atoms with Crippen molar-refractivity contribution in [1.82, 2.24) is 20.3 Å². The molecule has 9 heteroatoms. The molecule has 0 amide bonds. The number of halogens is 1. The van der Waals surface area contributed by atoms with E-state index in [1.54, 1.807) is 25.4 Å². The quantitative estimate of drug-likeness (QED) is 0.553. The van der Waals surface area contributed by atoms with Crippen molar-refractivity contribution in [3.8, 4) is 5.75 Å². The molecule has 2 atom stereocenters. The van der Waals surface area contributed by atoms with E-state index in [0.717, 1.165) is 13.1 Å². The first-order chi connectivity index (χ1) is 15.0. The zero-order valence-corrected chi connectivity index (χ0v) is 17.8. The van der Waals surface area contributed by atoms with E-state index in [2.05, 4.69) is 49.6 Å². The summed E-state index contributed by atoms with van der Waals surface area (Å²) >= 11 is 0. The van der Waals surface area contributed by atoms with Crippen molar-refractivity contribution in [2.24, 2.45) is 0 Å². The first kappa shape index (κ1) is 20.8. The monoisotopic (exact) mass is 423 g/mol. The van der Waals surface area contributed by atoms with Crippen molar-refractivity contribution < 1.29 is 9.13 Å². The molecule has 1 aliphatic heterocycles. The van der Waals surface area contributed by atoms with Crippen molar-refractivity contribution >= 4 is 29.0 Å². The summed E-state index contributed by atoms with van der Waals surface area (Å²) in [6.45, 7) is 5.74. The van der Waals surface area contributed by atoms with Crippen LogP contribution in [-0.4, -0.2) is 47.2 Å². The van der Waals surface area contributed by atoms with Gasteiger partial charge in [-0.05, 0) is 44.2 Å². The molecule has 3 heterocycles. The van der Waals surface area contributed by atoms with Crippen LogP contribution in [0.3, 0.4) is 0 Å². The predicted octanol–water partition coefficient (Wildman–Crippen LogP) is 3.69. The molecular formula is C22H26FN7O. The van der Waals surface area contributed by atoms with Gasteiger partial charge in [0.2, 0.25) is 5.95 Å². The van der Waals surface area contributed by atoms with Crippen LogP contribution < -0.4 is 25.6 Å². The van der Waals surface area contributed by atoms with Gasteiger partial charge >= 0.3 is 0 Å². The van der Waals surface area contributed by atoms with Crippen LogP contribution in [0.1, 0.15) is 13.8 Å². The van der Waals surface area contributed by atoms with E-state index in [0.29, 0.717) is 41.0 Å². The SMILES string of the molecule is COc1ccc(Nc2nc(N3C[C@@H](C)N[C@@H](C)C3)ncc2F)cc1Nc1ccccn1. The van der Waals surface area contributed by atoms with E-state index >= 15 is 0 Å². The van der Waals surface area contributed by atoms with Crippen molar-refractivity contribution in [1.29, 1.82) is 0 Å². The Morgan fingerprint density at radius 2 is 1.90 bits per heavy atom. The minimum atomic E-state index is -0.518. The highest BCUT2D eigenvalue weighted by molar-refractivity contribution is 5.72. The number of nitrogens with one attached hydrogen (secondary N) is 3. The van der Waals surface area contributed by atoms with Crippen LogP contribution in [0.15, 0.2) is 48.8 Å². The van der Waals surface area contributed by atoms with E-state index in [4.69, 9.17) is 4.74 Å². The standard InChI is InChI=1S/C22H26FN7O/c1-14-12-30(13-15(2)26-14)22-25-11-17(23)21(29-22)27-16-7-8-19(31-3)18(10-16)28-20-6-4-5-9-24-20/h4-11,14-15,26H,12-13H2,1-3H3,(H,24,28)(H,25,27,29)/t14-,15+. The third-order valence-electron chi connectivity index (χ3n) is 4.96. The molecular weight excluding hydrogens is 397 g/mol. The molecule has 0 radical (unpaired) electrons. The summed E-state index contributed by atoms with van der Waals surface area (Å²) in [5, 5.41) is 9.76. The lowest BCUT2D eigenvalue weighted by molar-refractivity contribution is 0.403. The Labute approximate surface area is 180 Å². The molecule has 31 heavy (non-hydrogen) atoms. The van der Waals surface area contributed by atoms with Crippen molar-refractivity contribution in [3.05, 3.63) is 54.6 Å². The Bertz CT molecular complexity index is 1020. The normalized spacial score (nSPS) is 18.5. The number of hydrogen-bond acceptors (Lipinski definition) is 8. The van der Waals surface area contributed by atoms with Crippen molar-refractivity contribution in [3.63, 3.8) is 0 Å². The molecule has 1 fully saturated rings. The lowest BCUT2D eigenvalue weighted by Crippen LogP contribution is -2.54. The molecule has 0 aliphatic carbocycles. The number of ether oxygens (including phenoxy) is 1. The summed E-state index contributed by atoms with van der Waals surface area (Å²) in [5.74, 6) is 1.43. The van der Waals surface area contributed by atoms with Crippen molar-refractivity contribution in [2.75, 3.05) is 35.7 Å². The molecule has 1 saturated heterocycles. The minimum Gasteiger partial charge on any atom is -0.495 e. The van der Waals surface area contributed by atoms with E-state index < -0.39 is 5.82 Å². The molecule has 0 unspecified atom stereocenters. The van der Waals surface area contributed by atoms with Crippen LogP contribution in [-0.2, 0) is 0 Å². The first-order valence-corrected chi connectivity index (χ1v) is 10.2. The smallest absolute Gasteiger partial charge is 0.227 e. The third-order valence-corrected chi connectivity index (χ3v) is 4.96. The number of rotatable bonds is 6.